The van der Waals surface area contributed by atoms with Crippen LogP contribution in [0.2, 0.25) is 0 Å². The van der Waals surface area contributed by atoms with E-state index < -0.39 is 28.1 Å². The molecule has 1 aromatic heterocycles. The number of rotatable bonds is 5. The fourth-order valence-corrected chi connectivity index (χ4v) is 2.51. The normalized spacial score (nSPS) is 12.6. The van der Waals surface area contributed by atoms with Gasteiger partial charge in [-0.2, -0.15) is 13.2 Å². The van der Waals surface area contributed by atoms with Gasteiger partial charge in [0.05, 0.1) is 10.2 Å². The van der Waals surface area contributed by atoms with Crippen molar-refractivity contribution >= 4 is 29.0 Å². The molecule has 0 unspecified atom stereocenters. The van der Waals surface area contributed by atoms with Crippen LogP contribution in [-0.4, -0.2) is 31.0 Å². The number of anilines is 1. The van der Waals surface area contributed by atoms with Crippen LogP contribution in [0.25, 0.3) is 0 Å². The third-order valence-electron chi connectivity index (χ3n) is 2.93. The quantitative estimate of drug-likeness (QED) is 0.353. The molecule has 0 aliphatic heterocycles. The predicted octanol–water partition coefficient (Wildman–Crippen LogP) is 2.04. The molecule has 0 bridgehead atoms. The highest BCUT2D eigenvalue weighted by atomic mass is 32.2. The molecule has 0 aliphatic rings. The molecule has 2 rings (SSSR count). The zero-order valence-corrected chi connectivity index (χ0v) is 13.3. The fourth-order valence-electron chi connectivity index (χ4n) is 1.74. The van der Waals surface area contributed by atoms with Gasteiger partial charge in [0.2, 0.25) is 11.1 Å². The number of hydrogen-bond acceptors (Lipinski definition) is 7. The van der Waals surface area contributed by atoms with E-state index in [0.29, 0.717) is 11.8 Å². The summed E-state index contributed by atoms with van der Waals surface area (Å²) < 4.78 is 38.1. The van der Waals surface area contributed by atoms with E-state index in [-0.39, 0.29) is 21.2 Å². The fraction of sp³-hybridized carbons (Fsp3) is 0.250. The lowest BCUT2D eigenvalue weighted by Gasteiger charge is -2.12. The van der Waals surface area contributed by atoms with Gasteiger partial charge in [0.15, 0.2) is 0 Å². The lowest BCUT2D eigenvalue weighted by atomic mass is 10.2. The number of nitro benzene ring substituents is 1. The number of halogens is 3. The van der Waals surface area contributed by atoms with E-state index in [4.69, 9.17) is 5.84 Å². The van der Waals surface area contributed by atoms with Gasteiger partial charge < -0.3 is 11.2 Å². The summed E-state index contributed by atoms with van der Waals surface area (Å²) in [6, 6.07) is 5.47. The minimum atomic E-state index is -4.78. The maximum Gasteiger partial charge on any atom is 0.453 e. The van der Waals surface area contributed by atoms with Crippen molar-refractivity contribution in [1.82, 2.24) is 14.9 Å². The summed E-state index contributed by atoms with van der Waals surface area (Å²) in [6.45, 7) is 1.39. The van der Waals surface area contributed by atoms with Crippen molar-refractivity contribution in [2.75, 3.05) is 11.2 Å². The lowest BCUT2D eigenvalue weighted by molar-refractivity contribution is -0.383. The number of nitrogen functional groups attached to an aromatic ring is 1. The number of carbonyl (C=O) groups is 1. The number of thioether (sulfide) groups is 1. The molecule has 9 nitrogen and oxygen atoms in total. The second-order valence-corrected chi connectivity index (χ2v) is 6.01. The average molecular weight is 376 g/mol. The first-order valence-electron chi connectivity index (χ1n) is 6.60. The van der Waals surface area contributed by atoms with Crippen LogP contribution in [0.4, 0.5) is 24.5 Å². The monoisotopic (exact) mass is 376 g/mol. The first-order valence-corrected chi connectivity index (χ1v) is 7.48. The van der Waals surface area contributed by atoms with Crippen molar-refractivity contribution in [3.05, 3.63) is 40.2 Å². The number of nitrogens with two attached hydrogens (primary N) is 1. The van der Waals surface area contributed by atoms with Crippen molar-refractivity contribution in [2.45, 2.75) is 23.5 Å². The van der Waals surface area contributed by atoms with Gasteiger partial charge in [-0.25, -0.2) is 4.68 Å². The van der Waals surface area contributed by atoms with Gasteiger partial charge in [0.25, 0.3) is 11.5 Å². The Morgan fingerprint density at radius 2 is 2.04 bits per heavy atom. The molecule has 0 spiro atoms. The first kappa shape index (κ1) is 18.5. The molecule has 1 amide bonds. The Bertz CT molecular complexity index is 810. The van der Waals surface area contributed by atoms with Crippen molar-refractivity contribution in [3.63, 3.8) is 0 Å². The van der Waals surface area contributed by atoms with Crippen LogP contribution < -0.4 is 11.2 Å². The van der Waals surface area contributed by atoms with E-state index in [1.54, 1.807) is 0 Å². The minimum absolute atomic E-state index is 0.0323. The lowest BCUT2D eigenvalue weighted by Crippen LogP contribution is -2.25. The molecule has 134 valence electrons. The number of benzene rings is 1. The Balaban J connectivity index is 2.12. The smallest absolute Gasteiger partial charge is 0.335 e. The molecule has 25 heavy (non-hydrogen) atoms. The summed E-state index contributed by atoms with van der Waals surface area (Å²) in [5.74, 6) is 3.21. The number of alkyl halides is 3. The SMILES string of the molecule is C[C@@H](Sc1nnc(C(F)(F)F)n1N)C(=O)Nc1ccccc1[N+](=O)[O-]. The van der Waals surface area contributed by atoms with E-state index in [9.17, 15) is 28.1 Å². The molecule has 0 radical (unpaired) electrons. The highest BCUT2D eigenvalue weighted by molar-refractivity contribution is 8.00. The number of hydrogen-bond donors (Lipinski definition) is 2. The van der Waals surface area contributed by atoms with Gasteiger partial charge in [0.1, 0.15) is 5.69 Å². The van der Waals surface area contributed by atoms with Crippen LogP contribution in [0.3, 0.4) is 0 Å². The largest absolute Gasteiger partial charge is 0.453 e. The molecular formula is C12H11F3N6O3S. The zero-order valence-electron chi connectivity index (χ0n) is 12.5. The zero-order chi connectivity index (χ0) is 18.8. The molecule has 0 aliphatic carbocycles. The van der Waals surface area contributed by atoms with Gasteiger partial charge in [0, 0.05) is 6.07 Å². The molecule has 0 saturated heterocycles. The summed E-state index contributed by atoms with van der Waals surface area (Å²) in [7, 11) is 0. The number of amides is 1. The van der Waals surface area contributed by atoms with Crippen LogP contribution >= 0.6 is 11.8 Å². The summed E-state index contributed by atoms with van der Waals surface area (Å²) in [6.07, 6.45) is -4.78. The Labute approximate surface area is 142 Å². The standard InChI is InChI=1S/C12H11F3N6O3S/c1-6(25-11-19-18-10(20(11)16)12(13,14)15)9(22)17-7-4-2-3-5-8(7)21(23)24/h2-6H,16H2,1H3,(H,17,22)/t6-/m1/s1. The Morgan fingerprint density at radius 1 is 1.40 bits per heavy atom. The second-order valence-electron chi connectivity index (χ2n) is 4.70. The number of nitrogens with one attached hydrogen (secondary N) is 1. The van der Waals surface area contributed by atoms with Gasteiger partial charge in [-0.05, 0) is 13.0 Å². The van der Waals surface area contributed by atoms with Crippen molar-refractivity contribution < 1.29 is 22.9 Å². The topological polar surface area (TPSA) is 129 Å². The van der Waals surface area contributed by atoms with E-state index in [1.165, 1.54) is 31.2 Å². The first-order chi connectivity index (χ1) is 11.6. The van der Waals surface area contributed by atoms with Crippen molar-refractivity contribution in [3.8, 4) is 0 Å². The summed E-state index contributed by atoms with van der Waals surface area (Å²) >= 11 is 0.631. The molecule has 0 fully saturated rings. The average Bonchev–Trinajstić information content (AvgIpc) is 2.88. The number of nitrogens with zero attached hydrogens (tertiary/aromatic N) is 4. The van der Waals surface area contributed by atoms with E-state index in [1.807, 2.05) is 0 Å². The minimum Gasteiger partial charge on any atom is -0.335 e. The molecule has 2 aromatic rings. The Hall–Kier alpha value is -2.83. The highest BCUT2D eigenvalue weighted by Crippen LogP contribution is 2.30. The third kappa shape index (κ3) is 4.17. The summed E-state index contributed by atoms with van der Waals surface area (Å²) in [5.41, 5.74) is -0.343. The number of aromatic nitrogens is 3. The van der Waals surface area contributed by atoms with Crippen LogP contribution in [0.5, 0.6) is 0 Å². The van der Waals surface area contributed by atoms with Gasteiger partial charge in [-0.3, -0.25) is 14.9 Å². The molecular weight excluding hydrogens is 365 g/mol. The van der Waals surface area contributed by atoms with Crippen molar-refractivity contribution in [1.29, 1.82) is 0 Å². The molecule has 1 aromatic carbocycles. The number of nitro groups is 1. The molecule has 1 heterocycles. The van der Waals surface area contributed by atoms with E-state index >= 15 is 0 Å². The maximum atomic E-state index is 12.6. The summed E-state index contributed by atoms with van der Waals surface area (Å²) in [5, 5.41) is 18.2. The van der Waals surface area contributed by atoms with Crippen molar-refractivity contribution in [2.24, 2.45) is 0 Å². The Kier molecular flexibility index (Phi) is 5.15. The van der Waals surface area contributed by atoms with Gasteiger partial charge in [-0.1, -0.05) is 23.9 Å². The van der Waals surface area contributed by atoms with Crippen LogP contribution in [0.1, 0.15) is 12.7 Å². The molecule has 3 N–H and O–H groups in total. The number of carbonyl (C=O) groups excluding carboxylic acids is 1. The highest BCUT2D eigenvalue weighted by Gasteiger charge is 2.38. The van der Waals surface area contributed by atoms with E-state index in [2.05, 4.69) is 15.5 Å². The number of para-hydroxylation sites is 2. The molecule has 13 heteroatoms. The molecule has 1 atom stereocenters. The van der Waals surface area contributed by atoms with Gasteiger partial charge >= 0.3 is 6.18 Å². The van der Waals surface area contributed by atoms with Crippen LogP contribution in [0.15, 0.2) is 29.4 Å². The third-order valence-corrected chi connectivity index (χ3v) is 3.98. The van der Waals surface area contributed by atoms with E-state index in [0.717, 1.165) is 0 Å². The Morgan fingerprint density at radius 3 is 2.60 bits per heavy atom. The van der Waals surface area contributed by atoms with Crippen LogP contribution in [-0.2, 0) is 11.0 Å². The van der Waals surface area contributed by atoms with Crippen LogP contribution in [0, 0.1) is 10.1 Å². The molecule has 0 saturated carbocycles. The predicted molar refractivity (Wildman–Crippen MR) is 82.2 cm³/mol. The summed E-state index contributed by atoms with van der Waals surface area (Å²) in [4.78, 5) is 22.4. The van der Waals surface area contributed by atoms with Gasteiger partial charge in [-0.15, -0.1) is 10.2 Å². The maximum absolute atomic E-state index is 12.6. The second kappa shape index (κ2) is 6.96.